The number of halogens is 4. The van der Waals surface area contributed by atoms with E-state index in [2.05, 4.69) is 15.4 Å². The van der Waals surface area contributed by atoms with Crippen LogP contribution in [-0.4, -0.2) is 25.5 Å². The lowest BCUT2D eigenvalue weighted by Crippen LogP contribution is -2.35. The Balaban J connectivity index is 1.93. The van der Waals surface area contributed by atoms with Crippen LogP contribution < -0.4 is 5.32 Å². The molecule has 3 rings (SSSR count). The van der Waals surface area contributed by atoms with Crippen molar-refractivity contribution in [3.05, 3.63) is 46.0 Å². The minimum Gasteiger partial charge on any atom is -0.330 e. The smallest absolute Gasteiger partial charge is 0.330 e. The van der Waals surface area contributed by atoms with Crippen molar-refractivity contribution >= 4 is 22.6 Å². The van der Waals surface area contributed by atoms with Gasteiger partial charge in [0, 0.05) is 30.4 Å². The average molecular weight is 386 g/mol. The van der Waals surface area contributed by atoms with Crippen LogP contribution >= 0.6 is 11.6 Å². The summed E-state index contributed by atoms with van der Waals surface area (Å²) in [6.07, 6.45) is -4.45. The maximum atomic E-state index is 13.7. The van der Waals surface area contributed by atoms with E-state index in [4.69, 9.17) is 11.6 Å². The van der Waals surface area contributed by atoms with Crippen LogP contribution in [-0.2, 0) is 20.6 Å². The van der Waals surface area contributed by atoms with Gasteiger partial charge in [-0.2, -0.15) is 18.3 Å². The minimum absolute atomic E-state index is 0.0409. The summed E-state index contributed by atoms with van der Waals surface area (Å²) in [5.41, 5.74) is 2.45. The summed E-state index contributed by atoms with van der Waals surface area (Å²) < 4.78 is 44.3. The third-order valence-corrected chi connectivity index (χ3v) is 4.82. The molecule has 1 N–H and O–H groups in total. The molecular formula is C17H19ClF3N5. The molecule has 0 bridgehead atoms. The Morgan fingerprint density at radius 2 is 1.92 bits per heavy atom. The molecular weight excluding hydrogens is 367 g/mol. The van der Waals surface area contributed by atoms with Crippen molar-refractivity contribution in [2.24, 2.45) is 14.1 Å². The maximum absolute atomic E-state index is 13.7. The molecule has 3 aromatic rings. The van der Waals surface area contributed by atoms with Gasteiger partial charge in [0.2, 0.25) is 0 Å². The number of hydrogen-bond acceptors (Lipinski definition) is 3. The van der Waals surface area contributed by atoms with Crippen molar-refractivity contribution in [2.75, 3.05) is 0 Å². The van der Waals surface area contributed by atoms with Gasteiger partial charge in [0.25, 0.3) is 0 Å². The van der Waals surface area contributed by atoms with Crippen LogP contribution in [0.4, 0.5) is 13.2 Å². The minimum atomic E-state index is -4.45. The molecule has 0 spiro atoms. The number of aromatic nitrogens is 4. The molecule has 0 radical (unpaired) electrons. The van der Waals surface area contributed by atoms with Gasteiger partial charge in [-0.05, 0) is 32.0 Å². The second kappa shape index (κ2) is 6.59. The number of benzene rings is 1. The molecule has 0 amide bonds. The number of hydrogen-bond donors (Lipinski definition) is 1. The summed E-state index contributed by atoms with van der Waals surface area (Å²) in [5.74, 6) is 0.496. The molecule has 2 aromatic heterocycles. The van der Waals surface area contributed by atoms with Crippen LogP contribution in [0.5, 0.6) is 0 Å². The molecule has 1 aromatic carbocycles. The lowest BCUT2D eigenvalue weighted by atomic mass is 10.0. The Morgan fingerprint density at radius 1 is 1.23 bits per heavy atom. The standard InChI is InChI=1S/C17H19ClF3N5/c1-9-15(10(2)26(4)24-9)16(17(19,20)21)22-8-14-23-12-7-11(18)5-6-13(12)25(14)3/h5-7,16,22H,8H2,1-4H3. The molecule has 0 saturated carbocycles. The SMILES string of the molecule is Cc1nn(C)c(C)c1C(NCc1nc2cc(Cl)ccc2n1C)C(F)(F)F. The second-order valence-corrected chi connectivity index (χ2v) is 6.72. The molecule has 1 atom stereocenters. The number of aryl methyl sites for hydroxylation is 3. The van der Waals surface area contributed by atoms with E-state index in [1.54, 1.807) is 50.7 Å². The molecule has 0 saturated heterocycles. The molecule has 0 aliphatic rings. The van der Waals surface area contributed by atoms with Gasteiger partial charge >= 0.3 is 6.18 Å². The third kappa shape index (κ3) is 3.31. The van der Waals surface area contributed by atoms with E-state index in [1.165, 1.54) is 4.68 Å². The topological polar surface area (TPSA) is 47.7 Å². The molecule has 0 aliphatic carbocycles. The number of fused-ring (bicyclic) bond motifs is 1. The second-order valence-electron chi connectivity index (χ2n) is 6.28. The van der Waals surface area contributed by atoms with E-state index in [1.807, 2.05) is 0 Å². The number of nitrogens with one attached hydrogen (secondary N) is 1. The van der Waals surface area contributed by atoms with Crippen molar-refractivity contribution in [1.82, 2.24) is 24.6 Å². The number of imidazole rings is 1. The largest absolute Gasteiger partial charge is 0.408 e. The van der Waals surface area contributed by atoms with E-state index in [-0.39, 0.29) is 12.1 Å². The van der Waals surface area contributed by atoms with Crippen LogP contribution in [0.1, 0.15) is 28.8 Å². The normalized spacial score (nSPS) is 13.5. The van der Waals surface area contributed by atoms with Crippen LogP contribution in [0.2, 0.25) is 5.02 Å². The first kappa shape index (κ1) is 18.7. The van der Waals surface area contributed by atoms with Crippen molar-refractivity contribution in [3.8, 4) is 0 Å². The fraction of sp³-hybridized carbons (Fsp3) is 0.412. The van der Waals surface area contributed by atoms with Crippen LogP contribution in [0.25, 0.3) is 11.0 Å². The Kier molecular flexibility index (Phi) is 4.74. The maximum Gasteiger partial charge on any atom is 0.408 e. The van der Waals surface area contributed by atoms with E-state index in [0.717, 1.165) is 5.52 Å². The van der Waals surface area contributed by atoms with Gasteiger partial charge in [-0.1, -0.05) is 11.6 Å². The van der Waals surface area contributed by atoms with Crippen molar-refractivity contribution < 1.29 is 13.2 Å². The molecule has 9 heteroatoms. The zero-order valence-corrected chi connectivity index (χ0v) is 15.6. The molecule has 26 heavy (non-hydrogen) atoms. The summed E-state index contributed by atoms with van der Waals surface area (Å²) in [6, 6.07) is 3.39. The highest BCUT2D eigenvalue weighted by Crippen LogP contribution is 2.36. The Labute approximate surface area is 153 Å². The quantitative estimate of drug-likeness (QED) is 0.739. The van der Waals surface area contributed by atoms with Gasteiger partial charge in [-0.3, -0.25) is 10.00 Å². The molecule has 1 unspecified atom stereocenters. The van der Waals surface area contributed by atoms with Gasteiger partial charge in [0.05, 0.1) is 23.3 Å². The Bertz CT molecular complexity index is 958. The zero-order valence-electron chi connectivity index (χ0n) is 14.8. The number of rotatable bonds is 4. The molecule has 5 nitrogen and oxygen atoms in total. The van der Waals surface area contributed by atoms with Gasteiger partial charge in [0.15, 0.2) is 0 Å². The fourth-order valence-corrected chi connectivity index (χ4v) is 3.33. The predicted octanol–water partition coefficient (Wildman–Crippen LogP) is 3.97. The predicted molar refractivity (Wildman–Crippen MR) is 94.0 cm³/mol. The lowest BCUT2D eigenvalue weighted by Gasteiger charge is -2.22. The van der Waals surface area contributed by atoms with Crippen LogP contribution in [0, 0.1) is 13.8 Å². The van der Waals surface area contributed by atoms with Crippen molar-refractivity contribution in [1.29, 1.82) is 0 Å². The van der Waals surface area contributed by atoms with E-state index >= 15 is 0 Å². The Hall–Kier alpha value is -2.06. The molecule has 140 valence electrons. The van der Waals surface area contributed by atoms with Gasteiger partial charge in [-0.25, -0.2) is 4.98 Å². The van der Waals surface area contributed by atoms with E-state index in [0.29, 0.717) is 27.8 Å². The van der Waals surface area contributed by atoms with E-state index in [9.17, 15) is 13.2 Å². The zero-order chi connectivity index (χ0) is 19.2. The summed E-state index contributed by atoms with van der Waals surface area (Å²) >= 11 is 5.96. The first-order chi connectivity index (χ1) is 12.1. The first-order valence-corrected chi connectivity index (χ1v) is 8.38. The summed E-state index contributed by atoms with van der Waals surface area (Å²) in [5, 5.41) is 7.24. The van der Waals surface area contributed by atoms with Gasteiger partial charge < -0.3 is 4.57 Å². The highest BCUT2D eigenvalue weighted by Gasteiger charge is 2.43. The highest BCUT2D eigenvalue weighted by atomic mass is 35.5. The number of nitrogens with zero attached hydrogens (tertiary/aromatic N) is 4. The van der Waals surface area contributed by atoms with Crippen molar-refractivity contribution in [2.45, 2.75) is 32.6 Å². The first-order valence-electron chi connectivity index (χ1n) is 8.00. The Morgan fingerprint density at radius 3 is 2.50 bits per heavy atom. The van der Waals surface area contributed by atoms with Crippen LogP contribution in [0.3, 0.4) is 0 Å². The van der Waals surface area contributed by atoms with Gasteiger partial charge in [-0.15, -0.1) is 0 Å². The van der Waals surface area contributed by atoms with Crippen LogP contribution in [0.15, 0.2) is 18.2 Å². The fourth-order valence-electron chi connectivity index (χ4n) is 3.16. The highest BCUT2D eigenvalue weighted by molar-refractivity contribution is 6.31. The van der Waals surface area contributed by atoms with E-state index < -0.39 is 12.2 Å². The lowest BCUT2D eigenvalue weighted by molar-refractivity contribution is -0.158. The van der Waals surface area contributed by atoms with Crippen molar-refractivity contribution in [3.63, 3.8) is 0 Å². The third-order valence-electron chi connectivity index (χ3n) is 4.58. The monoisotopic (exact) mass is 385 g/mol. The summed E-state index contributed by atoms with van der Waals surface area (Å²) in [6.45, 7) is 3.17. The van der Waals surface area contributed by atoms with Gasteiger partial charge in [0.1, 0.15) is 11.9 Å². The molecule has 2 heterocycles. The molecule has 0 aliphatic heterocycles. The summed E-state index contributed by atoms with van der Waals surface area (Å²) in [7, 11) is 3.40. The molecule has 0 fully saturated rings. The number of alkyl halides is 3. The average Bonchev–Trinajstić information content (AvgIpc) is 2.97. The summed E-state index contributed by atoms with van der Waals surface area (Å²) in [4.78, 5) is 4.40.